The third-order valence-corrected chi connectivity index (χ3v) is 6.56. The number of ether oxygens (including phenoxy) is 1. The molecule has 0 radical (unpaired) electrons. The fourth-order valence-corrected chi connectivity index (χ4v) is 4.37. The van der Waals surface area contributed by atoms with Crippen molar-refractivity contribution < 1.29 is 17.9 Å². The second-order valence-corrected chi connectivity index (χ2v) is 9.37. The van der Waals surface area contributed by atoms with Crippen molar-refractivity contribution in [3.63, 3.8) is 0 Å². The number of anilines is 2. The van der Waals surface area contributed by atoms with Gasteiger partial charge in [-0.3, -0.25) is 9.52 Å². The van der Waals surface area contributed by atoms with Crippen LogP contribution in [-0.2, 0) is 14.8 Å². The molecule has 2 N–H and O–H groups in total. The van der Waals surface area contributed by atoms with Gasteiger partial charge in [0.1, 0.15) is 11.6 Å². The monoisotopic (exact) mass is 443 g/mol. The van der Waals surface area contributed by atoms with Gasteiger partial charge in [-0.25, -0.2) is 13.4 Å². The molecule has 0 aliphatic carbocycles. The summed E-state index contributed by atoms with van der Waals surface area (Å²) in [5, 5.41) is 2.46. The molecule has 0 unspecified atom stereocenters. The summed E-state index contributed by atoms with van der Waals surface area (Å²) >= 11 is 1.42. The molecule has 2 aromatic carbocycles. The van der Waals surface area contributed by atoms with Crippen LogP contribution in [0.2, 0.25) is 0 Å². The largest absolute Gasteiger partial charge is 0.497 e. The topological polar surface area (TPSA) is 97.4 Å². The van der Waals surface area contributed by atoms with E-state index in [-0.39, 0.29) is 21.9 Å². The number of nitrogens with one attached hydrogen (secondary N) is 2. The highest BCUT2D eigenvalue weighted by atomic mass is 32.2. The Hall–Kier alpha value is -3.04. The quantitative estimate of drug-likeness (QED) is 0.511. The number of carbonyl (C=O) groups excluding carboxylic acids is 1. The highest BCUT2D eigenvalue weighted by molar-refractivity contribution is 8.00. The minimum atomic E-state index is -3.76. The Labute approximate surface area is 179 Å². The lowest BCUT2D eigenvalue weighted by molar-refractivity contribution is -0.115. The number of sulfonamides is 1. The fraction of sp³-hybridized carbons (Fsp3) is 0.143. The minimum Gasteiger partial charge on any atom is -0.497 e. The molecule has 0 saturated heterocycles. The number of aromatic nitrogens is 1. The molecule has 9 heteroatoms. The van der Waals surface area contributed by atoms with Crippen molar-refractivity contribution in [2.24, 2.45) is 0 Å². The zero-order valence-electron chi connectivity index (χ0n) is 16.4. The Morgan fingerprint density at radius 1 is 1.03 bits per heavy atom. The van der Waals surface area contributed by atoms with Crippen molar-refractivity contribution in [2.75, 3.05) is 17.1 Å². The third kappa shape index (κ3) is 5.74. The van der Waals surface area contributed by atoms with Gasteiger partial charge in [-0.15, -0.1) is 11.8 Å². The first-order chi connectivity index (χ1) is 14.4. The van der Waals surface area contributed by atoms with Crippen LogP contribution in [0.3, 0.4) is 0 Å². The zero-order chi connectivity index (χ0) is 21.6. The summed E-state index contributed by atoms with van der Waals surface area (Å²) < 4.78 is 32.4. The van der Waals surface area contributed by atoms with Crippen LogP contribution in [0.25, 0.3) is 0 Å². The predicted molar refractivity (Wildman–Crippen MR) is 118 cm³/mol. The van der Waals surface area contributed by atoms with Gasteiger partial charge < -0.3 is 10.1 Å². The summed E-state index contributed by atoms with van der Waals surface area (Å²) in [6, 6.07) is 18.4. The highest BCUT2D eigenvalue weighted by Gasteiger charge is 2.17. The van der Waals surface area contributed by atoms with E-state index in [1.54, 1.807) is 44.4 Å². The lowest BCUT2D eigenvalue weighted by Gasteiger charge is -2.13. The van der Waals surface area contributed by atoms with E-state index >= 15 is 0 Å². The summed E-state index contributed by atoms with van der Waals surface area (Å²) in [5.74, 6) is 0.807. The van der Waals surface area contributed by atoms with Crippen molar-refractivity contribution in [1.29, 1.82) is 0 Å². The first-order valence-electron chi connectivity index (χ1n) is 9.03. The van der Waals surface area contributed by atoms with Crippen LogP contribution in [0.15, 0.2) is 82.7 Å². The van der Waals surface area contributed by atoms with Crippen LogP contribution < -0.4 is 14.8 Å². The molecule has 0 spiro atoms. The first kappa shape index (κ1) is 21.7. The van der Waals surface area contributed by atoms with Gasteiger partial charge in [-0.05, 0) is 67.6 Å². The molecular weight excluding hydrogens is 422 g/mol. The molecule has 7 nitrogen and oxygen atoms in total. The highest BCUT2D eigenvalue weighted by Crippen LogP contribution is 2.26. The number of rotatable bonds is 8. The molecule has 1 heterocycles. The number of benzene rings is 2. The van der Waals surface area contributed by atoms with Crippen LogP contribution in [0.1, 0.15) is 6.92 Å². The Bertz CT molecular complexity index is 1090. The van der Waals surface area contributed by atoms with Gasteiger partial charge in [-0.1, -0.05) is 6.07 Å². The number of amides is 1. The number of nitrogens with zero attached hydrogens (tertiary/aromatic N) is 1. The van der Waals surface area contributed by atoms with Gasteiger partial charge >= 0.3 is 0 Å². The van der Waals surface area contributed by atoms with Gasteiger partial charge in [0.05, 0.1) is 17.3 Å². The number of hydrogen-bond acceptors (Lipinski definition) is 6. The van der Waals surface area contributed by atoms with Crippen molar-refractivity contribution in [3.8, 4) is 5.75 Å². The molecule has 156 valence electrons. The third-order valence-electron chi connectivity index (χ3n) is 4.08. The Balaban J connectivity index is 1.60. The molecule has 1 aromatic heterocycles. The van der Waals surface area contributed by atoms with Crippen LogP contribution in [0, 0.1) is 0 Å². The maximum Gasteiger partial charge on any atom is 0.263 e. The normalized spacial score (nSPS) is 12.1. The molecule has 0 bridgehead atoms. The zero-order valence-corrected chi connectivity index (χ0v) is 18.0. The summed E-state index contributed by atoms with van der Waals surface area (Å²) in [6.45, 7) is 1.81. The van der Waals surface area contributed by atoms with Gasteiger partial charge in [0.2, 0.25) is 5.91 Å². The average molecular weight is 444 g/mol. The van der Waals surface area contributed by atoms with E-state index in [0.717, 1.165) is 10.6 Å². The Morgan fingerprint density at radius 3 is 2.33 bits per heavy atom. The average Bonchev–Trinajstić information content (AvgIpc) is 2.75. The van der Waals surface area contributed by atoms with Crippen LogP contribution in [0.4, 0.5) is 11.5 Å². The summed E-state index contributed by atoms with van der Waals surface area (Å²) in [4.78, 5) is 17.4. The number of hydrogen-bond donors (Lipinski definition) is 2. The molecule has 0 saturated carbocycles. The van der Waals surface area contributed by atoms with Gasteiger partial charge in [-0.2, -0.15) is 0 Å². The second-order valence-electron chi connectivity index (χ2n) is 6.27. The van der Waals surface area contributed by atoms with E-state index in [1.165, 1.54) is 30.1 Å². The Kier molecular flexibility index (Phi) is 6.96. The SMILES string of the molecule is COc1ccc(S[C@H](C)C(=O)Nc2ccc(S(=O)(=O)Nc3ccccn3)cc2)cc1. The minimum absolute atomic E-state index is 0.0757. The van der Waals surface area contributed by atoms with Crippen molar-refractivity contribution in [3.05, 3.63) is 72.9 Å². The van der Waals surface area contributed by atoms with Gasteiger partial charge in [0.15, 0.2) is 0 Å². The molecule has 1 atom stereocenters. The molecule has 0 fully saturated rings. The molecule has 3 aromatic rings. The van der Waals surface area contributed by atoms with Crippen LogP contribution >= 0.6 is 11.8 Å². The summed E-state index contributed by atoms with van der Waals surface area (Å²) in [5.41, 5.74) is 0.513. The summed E-state index contributed by atoms with van der Waals surface area (Å²) in [6.07, 6.45) is 1.50. The van der Waals surface area contributed by atoms with E-state index < -0.39 is 10.0 Å². The molecule has 0 aliphatic rings. The van der Waals surface area contributed by atoms with Crippen molar-refractivity contribution >= 4 is 39.2 Å². The van der Waals surface area contributed by atoms with E-state index in [1.807, 2.05) is 24.3 Å². The lowest BCUT2D eigenvalue weighted by Crippen LogP contribution is -2.22. The second kappa shape index (κ2) is 9.64. The van der Waals surface area contributed by atoms with Crippen molar-refractivity contribution in [2.45, 2.75) is 22.0 Å². The maximum atomic E-state index is 12.5. The maximum absolute atomic E-state index is 12.5. The predicted octanol–water partition coefficient (Wildman–Crippen LogP) is 4.01. The molecular formula is C21H21N3O4S2. The number of methoxy groups -OCH3 is 1. The van der Waals surface area contributed by atoms with E-state index in [0.29, 0.717) is 5.69 Å². The smallest absolute Gasteiger partial charge is 0.263 e. The van der Waals surface area contributed by atoms with Crippen molar-refractivity contribution in [1.82, 2.24) is 4.98 Å². The Morgan fingerprint density at radius 2 is 1.73 bits per heavy atom. The fourth-order valence-electron chi connectivity index (χ4n) is 2.49. The number of pyridine rings is 1. The number of carbonyl (C=O) groups is 1. The molecule has 30 heavy (non-hydrogen) atoms. The van der Waals surface area contributed by atoms with E-state index in [9.17, 15) is 13.2 Å². The number of thioether (sulfide) groups is 1. The lowest BCUT2D eigenvalue weighted by atomic mass is 10.3. The van der Waals surface area contributed by atoms with Gasteiger partial charge in [0, 0.05) is 16.8 Å². The standard InChI is InChI=1S/C21H21N3O4S2/c1-15(29-18-10-8-17(28-2)9-11-18)21(25)23-16-6-12-19(13-7-16)30(26,27)24-20-5-3-4-14-22-20/h3-15H,1-2H3,(H,22,24)(H,23,25)/t15-/m1/s1. The summed E-state index contributed by atoms with van der Waals surface area (Å²) in [7, 11) is -2.16. The first-order valence-corrected chi connectivity index (χ1v) is 11.4. The molecule has 0 aliphatic heterocycles. The van der Waals surface area contributed by atoms with Crippen LogP contribution in [0.5, 0.6) is 5.75 Å². The molecule has 1 amide bonds. The van der Waals surface area contributed by atoms with E-state index in [2.05, 4.69) is 15.0 Å². The van der Waals surface area contributed by atoms with E-state index in [4.69, 9.17) is 4.74 Å². The molecule has 3 rings (SSSR count). The van der Waals surface area contributed by atoms with Gasteiger partial charge in [0.25, 0.3) is 10.0 Å². The van der Waals surface area contributed by atoms with Crippen LogP contribution in [-0.4, -0.2) is 31.7 Å².